The Labute approximate surface area is 191 Å². The number of nitrogens with one attached hydrogen (secondary N) is 3. The number of fused-ring (bicyclic) bond motifs is 5. The Morgan fingerprint density at radius 2 is 2.06 bits per heavy atom. The van der Waals surface area contributed by atoms with Crippen LogP contribution in [0.25, 0.3) is 21.0 Å². The van der Waals surface area contributed by atoms with E-state index >= 15 is 0 Å². The van der Waals surface area contributed by atoms with Gasteiger partial charge in [-0.2, -0.15) is 0 Å². The largest absolute Gasteiger partial charge is 0.463 e. The predicted octanol–water partition coefficient (Wildman–Crippen LogP) is 3.97. The molecule has 1 aliphatic rings. The van der Waals surface area contributed by atoms with Crippen LogP contribution >= 0.6 is 22.9 Å². The van der Waals surface area contributed by atoms with E-state index in [1.54, 1.807) is 6.07 Å². The van der Waals surface area contributed by atoms with Gasteiger partial charge in [-0.15, -0.1) is 11.3 Å². The van der Waals surface area contributed by atoms with Crippen molar-refractivity contribution >= 4 is 73.1 Å². The number of carbonyl (C=O) groups excluding carboxylic acids is 2. The van der Waals surface area contributed by atoms with Gasteiger partial charge in [-0.3, -0.25) is 4.79 Å². The van der Waals surface area contributed by atoms with Crippen LogP contribution in [0.4, 0.5) is 17.3 Å². The van der Waals surface area contributed by atoms with Crippen molar-refractivity contribution in [2.45, 2.75) is 13.0 Å². The van der Waals surface area contributed by atoms with E-state index in [1.165, 1.54) is 24.5 Å². The molecule has 32 heavy (non-hydrogen) atoms. The van der Waals surface area contributed by atoms with Gasteiger partial charge in [-0.1, -0.05) is 11.6 Å². The number of hydrogen-bond acceptors (Lipinski definition) is 9. The number of hydrogen-bond donors (Lipinski definition) is 3. The molecule has 1 aromatic carbocycles. The Hall–Kier alpha value is -3.50. The number of rotatable bonds is 3. The number of benzene rings is 1. The fourth-order valence-corrected chi connectivity index (χ4v) is 4.87. The van der Waals surface area contributed by atoms with Gasteiger partial charge < -0.3 is 20.7 Å². The highest BCUT2D eigenvalue weighted by atomic mass is 35.5. The molecule has 0 saturated carbocycles. The van der Waals surface area contributed by atoms with Gasteiger partial charge in [-0.25, -0.2) is 19.7 Å². The molecule has 1 atom stereocenters. The van der Waals surface area contributed by atoms with Crippen LogP contribution in [0.2, 0.25) is 5.15 Å². The Morgan fingerprint density at radius 1 is 1.22 bits per heavy atom. The van der Waals surface area contributed by atoms with E-state index in [1.807, 2.05) is 25.1 Å². The van der Waals surface area contributed by atoms with Crippen molar-refractivity contribution in [2.75, 3.05) is 24.3 Å². The summed E-state index contributed by atoms with van der Waals surface area (Å²) < 4.78 is 5.66. The van der Waals surface area contributed by atoms with E-state index in [4.69, 9.17) is 11.6 Å². The maximum atomic E-state index is 12.6. The maximum absolute atomic E-state index is 12.6. The van der Waals surface area contributed by atoms with Crippen molar-refractivity contribution in [3.8, 4) is 0 Å². The minimum Gasteiger partial charge on any atom is -0.463 e. The lowest BCUT2D eigenvalue weighted by Crippen LogP contribution is -2.34. The number of halogens is 1. The molecule has 11 heteroatoms. The summed E-state index contributed by atoms with van der Waals surface area (Å²) in [5, 5.41) is 11.5. The van der Waals surface area contributed by atoms with Gasteiger partial charge in [-0.05, 0) is 31.2 Å². The monoisotopic (exact) mass is 468 g/mol. The lowest BCUT2D eigenvalue weighted by Gasteiger charge is -2.10. The molecule has 0 saturated heterocycles. The second kappa shape index (κ2) is 7.88. The molecule has 0 bridgehead atoms. The molecule has 3 aromatic heterocycles. The molecule has 5 rings (SSSR count). The smallest absolute Gasteiger partial charge is 0.376 e. The van der Waals surface area contributed by atoms with Crippen LogP contribution < -0.4 is 16.0 Å². The molecular formula is C21H17ClN6O3S. The van der Waals surface area contributed by atoms with Gasteiger partial charge >= 0.3 is 5.97 Å². The van der Waals surface area contributed by atoms with E-state index in [-0.39, 0.29) is 22.9 Å². The normalized spacial score (nSPS) is 15.6. The standard InChI is InChI=1S/C21H17ClN6O3S/c1-9-8-23-17-16-10-3-6-14(27-15-7-13(22)26-19(28-15)21(30)31-2)25-11(10)4-5-12(16)32-18(17)20(29)24-9/h3-7,9,23H,8H2,1-2H3,(H,24,29)(H,25,26,27,28)/t9-/m0/s1. The van der Waals surface area contributed by atoms with Crippen molar-refractivity contribution in [3.05, 3.63) is 46.2 Å². The zero-order valence-electron chi connectivity index (χ0n) is 17.0. The van der Waals surface area contributed by atoms with Gasteiger partial charge in [0.2, 0.25) is 5.82 Å². The highest BCUT2D eigenvalue weighted by Gasteiger charge is 2.24. The third kappa shape index (κ3) is 3.57. The number of esters is 1. The minimum atomic E-state index is -0.687. The first-order valence-electron chi connectivity index (χ1n) is 9.74. The Balaban J connectivity index is 1.56. The quantitative estimate of drug-likeness (QED) is 0.305. The lowest BCUT2D eigenvalue weighted by atomic mass is 10.1. The number of thiophene rings is 1. The number of aromatic nitrogens is 3. The fourth-order valence-electron chi connectivity index (χ4n) is 3.59. The number of nitrogens with zero attached hydrogens (tertiary/aromatic N) is 3. The summed E-state index contributed by atoms with van der Waals surface area (Å²) in [5.41, 5.74) is 1.58. The van der Waals surface area contributed by atoms with Crippen LogP contribution in [0.15, 0.2) is 30.3 Å². The maximum Gasteiger partial charge on any atom is 0.376 e. The zero-order chi connectivity index (χ0) is 22.4. The van der Waals surface area contributed by atoms with Gasteiger partial charge in [0, 0.05) is 34.1 Å². The van der Waals surface area contributed by atoms with Gasteiger partial charge in [0.1, 0.15) is 21.7 Å². The van der Waals surface area contributed by atoms with E-state index in [2.05, 4.69) is 35.6 Å². The zero-order valence-corrected chi connectivity index (χ0v) is 18.6. The molecule has 162 valence electrons. The molecule has 9 nitrogen and oxygen atoms in total. The van der Waals surface area contributed by atoms with E-state index in [9.17, 15) is 9.59 Å². The summed E-state index contributed by atoms with van der Waals surface area (Å²) in [4.78, 5) is 37.7. The average Bonchev–Trinajstić information content (AvgIpc) is 3.09. The Bertz CT molecular complexity index is 1410. The summed E-state index contributed by atoms with van der Waals surface area (Å²) in [7, 11) is 1.25. The van der Waals surface area contributed by atoms with Gasteiger partial charge in [0.25, 0.3) is 5.91 Å². The SMILES string of the molecule is COC(=O)c1nc(Cl)cc(Nc2ccc3c(ccc4sc5c(c43)NC[C@H](C)NC5=O)n2)n1. The molecule has 3 N–H and O–H groups in total. The van der Waals surface area contributed by atoms with Crippen molar-refractivity contribution in [3.63, 3.8) is 0 Å². The molecule has 0 spiro atoms. The first-order chi connectivity index (χ1) is 15.4. The number of amides is 1. The molecule has 1 aliphatic heterocycles. The number of carbonyl (C=O) groups is 2. The Morgan fingerprint density at radius 3 is 2.88 bits per heavy atom. The average molecular weight is 469 g/mol. The fraction of sp³-hybridized carbons (Fsp3) is 0.190. The third-order valence-corrected chi connectivity index (χ3v) is 6.36. The molecule has 4 aromatic rings. The first kappa shape index (κ1) is 20.4. The second-order valence-corrected chi connectivity index (χ2v) is 8.72. The number of methoxy groups -OCH3 is 1. The lowest BCUT2D eigenvalue weighted by molar-refractivity contribution is 0.0586. The van der Waals surface area contributed by atoms with Crippen LogP contribution in [0, 0.1) is 0 Å². The third-order valence-electron chi connectivity index (χ3n) is 5.01. The van der Waals surface area contributed by atoms with Crippen LogP contribution in [0.1, 0.15) is 27.2 Å². The van der Waals surface area contributed by atoms with Crippen LogP contribution in [-0.4, -0.2) is 46.5 Å². The summed E-state index contributed by atoms with van der Waals surface area (Å²) in [6, 6.07) is 9.15. The predicted molar refractivity (Wildman–Crippen MR) is 124 cm³/mol. The van der Waals surface area contributed by atoms with E-state index in [0.29, 0.717) is 23.1 Å². The second-order valence-electron chi connectivity index (χ2n) is 7.28. The summed E-state index contributed by atoms with van der Waals surface area (Å²) in [6.07, 6.45) is 0. The molecule has 0 fully saturated rings. The van der Waals surface area contributed by atoms with Crippen molar-refractivity contribution in [2.24, 2.45) is 0 Å². The van der Waals surface area contributed by atoms with Crippen molar-refractivity contribution in [1.29, 1.82) is 0 Å². The molecular weight excluding hydrogens is 452 g/mol. The first-order valence-corrected chi connectivity index (χ1v) is 10.9. The molecule has 1 amide bonds. The number of anilines is 3. The van der Waals surface area contributed by atoms with Crippen LogP contribution in [-0.2, 0) is 4.74 Å². The van der Waals surface area contributed by atoms with Gasteiger partial charge in [0.05, 0.1) is 18.3 Å². The van der Waals surface area contributed by atoms with Crippen molar-refractivity contribution in [1.82, 2.24) is 20.3 Å². The minimum absolute atomic E-state index is 0.0376. The Kier molecular flexibility index (Phi) is 5.03. The molecule has 0 radical (unpaired) electrons. The van der Waals surface area contributed by atoms with E-state index in [0.717, 1.165) is 26.7 Å². The van der Waals surface area contributed by atoms with E-state index < -0.39 is 5.97 Å². The molecule has 0 unspecified atom stereocenters. The molecule has 0 aliphatic carbocycles. The van der Waals surface area contributed by atoms with Gasteiger partial charge in [0.15, 0.2) is 0 Å². The highest BCUT2D eigenvalue weighted by molar-refractivity contribution is 7.21. The number of pyridine rings is 1. The van der Waals surface area contributed by atoms with Crippen LogP contribution in [0.5, 0.6) is 0 Å². The summed E-state index contributed by atoms with van der Waals surface area (Å²) in [6.45, 7) is 2.61. The summed E-state index contributed by atoms with van der Waals surface area (Å²) in [5.74, 6) is -0.0729. The van der Waals surface area contributed by atoms with Crippen LogP contribution in [0.3, 0.4) is 0 Å². The highest BCUT2D eigenvalue weighted by Crippen LogP contribution is 2.41. The topological polar surface area (TPSA) is 118 Å². The number of ether oxygens (including phenoxy) is 1. The summed E-state index contributed by atoms with van der Waals surface area (Å²) >= 11 is 7.47. The van der Waals surface area contributed by atoms with Crippen molar-refractivity contribution < 1.29 is 14.3 Å². The molecule has 4 heterocycles.